The standard InChI is InChI=1S/C16H20N8O2/c25-16-3-2-15(23-5-1-4-17-23)19-24(16)11-10-21-6-8-22(9-7-21)13-14-12-18-26-20-14/h1-5,12H,6-11,13H2. The number of hydrogen-bond donors (Lipinski definition) is 0. The van der Waals surface area contributed by atoms with Gasteiger partial charge in [0, 0.05) is 57.7 Å². The largest absolute Gasteiger partial charge is 0.299 e. The van der Waals surface area contributed by atoms with Gasteiger partial charge >= 0.3 is 0 Å². The van der Waals surface area contributed by atoms with Crippen LogP contribution in [0.25, 0.3) is 5.82 Å². The van der Waals surface area contributed by atoms with Gasteiger partial charge in [-0.1, -0.05) is 10.3 Å². The lowest BCUT2D eigenvalue weighted by Crippen LogP contribution is -2.47. The lowest BCUT2D eigenvalue weighted by Gasteiger charge is -2.34. The van der Waals surface area contributed by atoms with Crippen molar-refractivity contribution in [1.29, 1.82) is 0 Å². The molecule has 0 radical (unpaired) electrons. The lowest BCUT2D eigenvalue weighted by molar-refractivity contribution is 0.120. The number of rotatable bonds is 6. The predicted octanol–water partition coefficient (Wildman–Crippen LogP) is -0.370. The SMILES string of the molecule is O=c1ccc(-n2cccn2)nn1CCN1CCN(Cc2cnon2)CC1. The second-order valence-electron chi connectivity index (χ2n) is 6.22. The van der Waals surface area contributed by atoms with E-state index in [0.29, 0.717) is 12.4 Å². The van der Waals surface area contributed by atoms with Crippen molar-refractivity contribution in [2.75, 3.05) is 32.7 Å². The van der Waals surface area contributed by atoms with Crippen LogP contribution in [-0.2, 0) is 13.1 Å². The topological polar surface area (TPSA) is 98.1 Å². The zero-order valence-electron chi connectivity index (χ0n) is 14.3. The van der Waals surface area contributed by atoms with Crippen LogP contribution in [0.1, 0.15) is 5.69 Å². The van der Waals surface area contributed by atoms with Crippen molar-refractivity contribution < 1.29 is 4.63 Å². The first-order chi connectivity index (χ1) is 12.8. The van der Waals surface area contributed by atoms with E-state index in [2.05, 4.69) is 34.9 Å². The third-order valence-electron chi connectivity index (χ3n) is 4.48. The highest BCUT2D eigenvalue weighted by atomic mass is 16.6. The molecule has 0 spiro atoms. The number of piperazine rings is 1. The highest BCUT2D eigenvalue weighted by Crippen LogP contribution is 2.06. The fourth-order valence-electron chi connectivity index (χ4n) is 3.01. The third-order valence-corrected chi connectivity index (χ3v) is 4.48. The molecule has 136 valence electrons. The average Bonchev–Trinajstić information content (AvgIpc) is 3.36. The molecule has 1 saturated heterocycles. The molecule has 0 aromatic carbocycles. The monoisotopic (exact) mass is 356 g/mol. The van der Waals surface area contributed by atoms with Crippen molar-refractivity contribution in [2.45, 2.75) is 13.1 Å². The maximum Gasteiger partial charge on any atom is 0.266 e. The number of hydrogen-bond acceptors (Lipinski definition) is 8. The summed E-state index contributed by atoms with van der Waals surface area (Å²) in [4.78, 5) is 16.7. The molecule has 0 aliphatic carbocycles. The van der Waals surface area contributed by atoms with Gasteiger partial charge in [0.25, 0.3) is 5.56 Å². The molecule has 10 nitrogen and oxygen atoms in total. The molecule has 1 fully saturated rings. The van der Waals surface area contributed by atoms with Crippen LogP contribution in [-0.4, -0.2) is 72.4 Å². The highest BCUT2D eigenvalue weighted by Gasteiger charge is 2.18. The van der Waals surface area contributed by atoms with E-state index in [1.165, 1.54) is 10.7 Å². The molecule has 0 N–H and O–H groups in total. The summed E-state index contributed by atoms with van der Waals surface area (Å²) >= 11 is 0. The third kappa shape index (κ3) is 3.86. The van der Waals surface area contributed by atoms with Gasteiger partial charge in [0.2, 0.25) is 0 Å². The molecule has 0 bridgehead atoms. The first-order valence-electron chi connectivity index (χ1n) is 8.57. The molecule has 0 atom stereocenters. The van der Waals surface area contributed by atoms with E-state index in [-0.39, 0.29) is 5.56 Å². The van der Waals surface area contributed by atoms with E-state index < -0.39 is 0 Å². The summed E-state index contributed by atoms with van der Waals surface area (Å²) in [5.41, 5.74) is 0.753. The van der Waals surface area contributed by atoms with Gasteiger partial charge in [-0.15, -0.1) is 5.10 Å². The average molecular weight is 356 g/mol. The van der Waals surface area contributed by atoms with Crippen molar-refractivity contribution in [3.05, 3.63) is 52.8 Å². The van der Waals surface area contributed by atoms with Crippen LogP contribution in [0.2, 0.25) is 0 Å². The Morgan fingerprint density at radius 2 is 1.92 bits per heavy atom. The van der Waals surface area contributed by atoms with E-state index in [9.17, 15) is 4.79 Å². The quantitative estimate of drug-likeness (QED) is 0.590. The summed E-state index contributed by atoms with van der Waals surface area (Å²) in [6, 6.07) is 5.04. The second kappa shape index (κ2) is 7.58. The Bertz CT molecular complexity index is 866. The van der Waals surface area contributed by atoms with Gasteiger partial charge in [-0.2, -0.15) is 5.10 Å². The fraction of sp³-hybridized carbons (Fsp3) is 0.438. The molecule has 4 heterocycles. The minimum atomic E-state index is -0.0990. The summed E-state index contributed by atoms with van der Waals surface area (Å²) in [6.45, 7) is 5.88. The Hall–Kier alpha value is -2.85. The normalized spacial score (nSPS) is 16.2. The summed E-state index contributed by atoms with van der Waals surface area (Å²) in [5.74, 6) is 0.639. The van der Waals surface area contributed by atoms with E-state index in [1.807, 2.05) is 6.07 Å². The van der Waals surface area contributed by atoms with Crippen LogP contribution in [0.4, 0.5) is 0 Å². The van der Waals surface area contributed by atoms with Crippen LogP contribution < -0.4 is 5.56 Å². The van der Waals surface area contributed by atoms with Gasteiger partial charge in [0.05, 0.1) is 12.7 Å². The minimum absolute atomic E-state index is 0.0990. The van der Waals surface area contributed by atoms with Crippen LogP contribution in [0.5, 0.6) is 0 Å². The van der Waals surface area contributed by atoms with E-state index in [4.69, 9.17) is 0 Å². The van der Waals surface area contributed by atoms with Crippen LogP contribution >= 0.6 is 0 Å². The molecule has 0 saturated carbocycles. The second-order valence-corrected chi connectivity index (χ2v) is 6.22. The zero-order chi connectivity index (χ0) is 17.8. The smallest absolute Gasteiger partial charge is 0.266 e. The summed E-state index contributed by atoms with van der Waals surface area (Å²) in [6.07, 6.45) is 5.14. The van der Waals surface area contributed by atoms with Crippen molar-refractivity contribution in [2.24, 2.45) is 0 Å². The van der Waals surface area contributed by atoms with Crippen molar-refractivity contribution in [1.82, 2.24) is 39.7 Å². The summed E-state index contributed by atoms with van der Waals surface area (Å²) in [7, 11) is 0. The molecule has 1 aliphatic rings. The fourth-order valence-corrected chi connectivity index (χ4v) is 3.01. The Morgan fingerprint density at radius 1 is 1.08 bits per heavy atom. The first-order valence-corrected chi connectivity index (χ1v) is 8.57. The van der Waals surface area contributed by atoms with Crippen LogP contribution in [0.15, 0.2) is 46.2 Å². The summed E-state index contributed by atoms with van der Waals surface area (Å²) < 4.78 is 7.78. The van der Waals surface area contributed by atoms with Crippen molar-refractivity contribution >= 4 is 0 Å². The Kier molecular flexibility index (Phi) is 4.84. The van der Waals surface area contributed by atoms with Gasteiger partial charge in [-0.25, -0.2) is 14.0 Å². The van der Waals surface area contributed by atoms with Gasteiger partial charge in [-0.05, 0) is 12.1 Å². The molecule has 3 aromatic heterocycles. The van der Waals surface area contributed by atoms with E-state index in [0.717, 1.165) is 45.0 Å². The van der Waals surface area contributed by atoms with Crippen molar-refractivity contribution in [3.8, 4) is 5.82 Å². The van der Waals surface area contributed by atoms with Gasteiger partial charge in [0.15, 0.2) is 5.82 Å². The molecular formula is C16H20N8O2. The summed E-state index contributed by atoms with van der Waals surface area (Å²) in [5, 5.41) is 16.0. The molecular weight excluding hydrogens is 336 g/mol. The Labute approximate surface area is 149 Å². The first kappa shape index (κ1) is 16.6. The molecule has 0 unspecified atom stereocenters. The minimum Gasteiger partial charge on any atom is -0.299 e. The Morgan fingerprint density at radius 3 is 2.65 bits per heavy atom. The Balaban J connectivity index is 1.31. The van der Waals surface area contributed by atoms with Crippen LogP contribution in [0, 0.1) is 0 Å². The van der Waals surface area contributed by atoms with Crippen LogP contribution in [0.3, 0.4) is 0 Å². The van der Waals surface area contributed by atoms with E-state index >= 15 is 0 Å². The lowest BCUT2D eigenvalue weighted by atomic mass is 10.3. The molecule has 10 heteroatoms. The van der Waals surface area contributed by atoms with Gasteiger partial charge < -0.3 is 0 Å². The predicted molar refractivity (Wildman–Crippen MR) is 91.6 cm³/mol. The van der Waals surface area contributed by atoms with Crippen molar-refractivity contribution in [3.63, 3.8) is 0 Å². The maximum atomic E-state index is 12.1. The molecule has 26 heavy (non-hydrogen) atoms. The maximum absolute atomic E-state index is 12.1. The highest BCUT2D eigenvalue weighted by molar-refractivity contribution is 5.17. The molecule has 4 rings (SSSR count). The molecule has 0 amide bonds. The van der Waals surface area contributed by atoms with Gasteiger partial charge in [-0.3, -0.25) is 14.6 Å². The zero-order valence-corrected chi connectivity index (χ0v) is 14.3. The van der Waals surface area contributed by atoms with Gasteiger partial charge in [0.1, 0.15) is 5.69 Å². The molecule has 1 aliphatic heterocycles. The van der Waals surface area contributed by atoms with E-state index in [1.54, 1.807) is 29.3 Å². The number of nitrogens with zero attached hydrogens (tertiary/aromatic N) is 8. The number of aromatic nitrogens is 6. The molecule has 3 aromatic rings.